The van der Waals surface area contributed by atoms with Gasteiger partial charge >= 0.3 is 19.8 Å². The average Bonchev–Trinajstić information content (AvgIpc) is 2.14. The molecule has 0 bridgehead atoms. The first kappa shape index (κ1) is 86.9. The Morgan fingerprint density at radius 2 is 0.587 bits per heavy atom. The van der Waals surface area contributed by atoms with Gasteiger partial charge in [0.2, 0.25) is 0 Å². The van der Waals surface area contributed by atoms with Crippen LogP contribution in [-0.2, 0) is 32.7 Å². The maximum absolute atomic E-state index is 12.9. The van der Waals surface area contributed by atoms with E-state index < -0.39 is 26.5 Å². The molecule has 0 heterocycles. The summed E-state index contributed by atoms with van der Waals surface area (Å²) in [5.41, 5.74) is 0. The molecule has 1 N–H and O–H groups in total. The summed E-state index contributed by atoms with van der Waals surface area (Å²) in [5, 5.41) is 0. The number of phosphoric acid groups is 1. The fourth-order valence-electron chi connectivity index (χ4n) is 9.16. The Kier molecular flexibility index (Phi) is 66.2. The lowest BCUT2D eigenvalue weighted by Crippen LogP contribution is -2.37. The number of likely N-dealkylation sites (N-methyl/N-ethyl adjacent to an activating group) is 1. The van der Waals surface area contributed by atoms with Crippen LogP contribution in [0.2, 0.25) is 0 Å². The molecule has 0 aromatic rings. The average molecular weight is 1290 g/mol. The second-order valence-electron chi connectivity index (χ2n) is 24.5. The van der Waals surface area contributed by atoms with Gasteiger partial charge in [-0.2, -0.15) is 0 Å². The van der Waals surface area contributed by atoms with Gasteiger partial charge in [-0.1, -0.05) is 298 Å². The Morgan fingerprint density at radius 3 is 0.870 bits per heavy atom. The summed E-state index contributed by atoms with van der Waals surface area (Å²) in [7, 11) is 1.44. The van der Waals surface area contributed by atoms with E-state index in [1.807, 2.05) is 21.1 Å². The third-order valence-corrected chi connectivity index (χ3v) is 15.6. The molecule has 0 saturated carbocycles. The van der Waals surface area contributed by atoms with Gasteiger partial charge in [-0.15, -0.1) is 0 Å². The van der Waals surface area contributed by atoms with Crippen molar-refractivity contribution in [3.8, 4) is 0 Å². The van der Waals surface area contributed by atoms with E-state index in [1.165, 1.54) is 64.2 Å². The monoisotopic (exact) mass is 1290 g/mol. The highest BCUT2D eigenvalue weighted by Gasteiger charge is 2.27. The largest absolute Gasteiger partial charge is 0.472 e. The predicted octanol–water partition coefficient (Wildman–Crippen LogP) is 24.0. The summed E-state index contributed by atoms with van der Waals surface area (Å²) in [6, 6.07) is 0. The molecule has 0 saturated heterocycles. The van der Waals surface area contributed by atoms with Gasteiger partial charge in [0, 0.05) is 12.8 Å². The van der Waals surface area contributed by atoms with Crippen LogP contribution >= 0.6 is 7.82 Å². The molecule has 10 heteroatoms. The van der Waals surface area contributed by atoms with Crippen molar-refractivity contribution in [2.24, 2.45) is 0 Å². The minimum atomic E-state index is -4.41. The number of esters is 2. The van der Waals surface area contributed by atoms with E-state index in [2.05, 4.69) is 208 Å². The minimum Gasteiger partial charge on any atom is -0.462 e. The SMILES string of the molecule is CC/C=C\C/C=C\C/C=C\C/C=C\C/C=C\C/C=C\C/C=C\C/C=C\C/C=C\C/C=C\CCCCCCCCCCC(=O)OC(COC(=O)CCCCCCCCCCCC/C=C\C/C=C\C/C=C\C/C=C\C/C=C\C/C=C\CC)COP(=O)(O)OCC[N+](C)(C)C. The summed E-state index contributed by atoms with van der Waals surface area (Å²) < 4.78 is 34.7. The second kappa shape index (κ2) is 70.2. The van der Waals surface area contributed by atoms with Gasteiger partial charge in [-0.25, -0.2) is 4.57 Å². The Balaban J connectivity index is 4.15. The highest BCUT2D eigenvalue weighted by molar-refractivity contribution is 7.47. The molecule has 0 aliphatic rings. The van der Waals surface area contributed by atoms with Crippen LogP contribution in [0.3, 0.4) is 0 Å². The van der Waals surface area contributed by atoms with Gasteiger partial charge in [0.05, 0.1) is 27.7 Å². The third-order valence-electron chi connectivity index (χ3n) is 14.6. The topological polar surface area (TPSA) is 108 Å². The Hall–Kier alpha value is -5.15. The number of allylic oxidation sites excluding steroid dienone is 32. The molecule has 9 nitrogen and oxygen atoms in total. The first-order valence-corrected chi connectivity index (χ1v) is 37.7. The first-order valence-electron chi connectivity index (χ1n) is 36.2. The van der Waals surface area contributed by atoms with Crippen LogP contribution in [0.25, 0.3) is 0 Å². The number of hydrogen-bond donors (Lipinski definition) is 1. The minimum absolute atomic E-state index is 0.0190. The zero-order chi connectivity index (χ0) is 66.9. The molecule has 0 aromatic carbocycles. The first-order chi connectivity index (χ1) is 45.0. The summed E-state index contributed by atoms with van der Waals surface area (Å²) >= 11 is 0. The molecule has 518 valence electrons. The second-order valence-corrected chi connectivity index (χ2v) is 26.0. The van der Waals surface area contributed by atoms with Crippen LogP contribution in [-0.4, -0.2) is 74.9 Å². The number of quaternary nitrogens is 1. The lowest BCUT2D eigenvalue weighted by atomic mass is 10.1. The van der Waals surface area contributed by atoms with Crippen LogP contribution < -0.4 is 0 Å². The van der Waals surface area contributed by atoms with Crippen molar-refractivity contribution >= 4 is 19.8 Å². The summed E-state index contributed by atoms with van der Waals surface area (Å²) in [6.07, 6.45) is 110. The highest BCUT2D eigenvalue weighted by atomic mass is 31.2. The molecule has 92 heavy (non-hydrogen) atoms. The number of phosphoric ester groups is 1. The number of hydrogen-bond acceptors (Lipinski definition) is 7. The molecule has 0 spiro atoms. The number of ether oxygens (including phenoxy) is 2. The van der Waals surface area contributed by atoms with E-state index >= 15 is 0 Å². The smallest absolute Gasteiger partial charge is 0.462 e. The predicted molar refractivity (Wildman–Crippen MR) is 399 cm³/mol. The molecule has 0 aliphatic carbocycles. The van der Waals surface area contributed by atoms with Crippen molar-refractivity contribution in [1.29, 1.82) is 0 Å². The van der Waals surface area contributed by atoms with Crippen molar-refractivity contribution in [1.82, 2.24) is 0 Å². The van der Waals surface area contributed by atoms with Gasteiger partial charge in [-0.05, 0) is 141 Å². The number of unbranched alkanes of at least 4 members (excludes halogenated alkanes) is 18. The zero-order valence-electron chi connectivity index (χ0n) is 59.0. The fourth-order valence-corrected chi connectivity index (χ4v) is 9.91. The molecule has 2 atom stereocenters. The molecule has 0 amide bonds. The standard InChI is InChI=1S/C82H132NO8P/c1-6-8-10-12-14-16-18-20-22-24-26-28-30-32-34-36-37-38-39-40-41-42-43-44-45-47-49-51-53-55-57-59-61-63-65-67-69-71-73-75-82(85)91-80(79-90-92(86,87)89-77-76-83(3,4)5)78-88-81(84)74-72-70-68-66-64-62-60-58-56-54-52-50-48-46-35-33-31-29-27-25-23-21-19-17-15-13-11-9-7-2/h8-11,14-17,20-23,26-29,32-35,37-38,40-41,43-44,47-50,53,55,80H,6-7,12-13,18-19,24-25,30-31,36,39,42,45-46,51-52,54,56-79H2,1-5H3/p+1/b10-8-,11-9-,16-14-,17-15-,22-20-,23-21-,28-26-,29-27-,34-32-,35-33-,38-37-,41-40-,44-43-,49-47-,50-48-,55-53-. The van der Waals surface area contributed by atoms with Gasteiger partial charge in [-0.3, -0.25) is 18.6 Å². The number of carbonyl (C=O) groups is 2. The van der Waals surface area contributed by atoms with Gasteiger partial charge in [0.15, 0.2) is 6.10 Å². The maximum Gasteiger partial charge on any atom is 0.472 e. The van der Waals surface area contributed by atoms with Crippen LogP contribution in [0.15, 0.2) is 194 Å². The quantitative estimate of drug-likeness (QED) is 0.0211. The number of carbonyl (C=O) groups excluding carboxylic acids is 2. The molecule has 0 fully saturated rings. The molecular formula is C82H133NO8P+. The Labute approximate surface area is 564 Å². The summed E-state index contributed by atoms with van der Waals surface area (Å²) in [4.78, 5) is 35.9. The Morgan fingerprint density at radius 1 is 0.337 bits per heavy atom. The number of rotatable bonds is 64. The van der Waals surface area contributed by atoms with E-state index in [9.17, 15) is 19.0 Å². The van der Waals surface area contributed by atoms with Crippen LogP contribution in [0.4, 0.5) is 0 Å². The van der Waals surface area contributed by atoms with Crippen molar-refractivity contribution in [3.63, 3.8) is 0 Å². The molecule has 0 aliphatic heterocycles. The van der Waals surface area contributed by atoms with Crippen molar-refractivity contribution in [2.75, 3.05) is 47.5 Å². The van der Waals surface area contributed by atoms with Gasteiger partial charge in [0.1, 0.15) is 19.8 Å². The van der Waals surface area contributed by atoms with Crippen molar-refractivity contribution in [2.45, 2.75) is 264 Å². The van der Waals surface area contributed by atoms with Crippen molar-refractivity contribution in [3.05, 3.63) is 194 Å². The maximum atomic E-state index is 12.9. The van der Waals surface area contributed by atoms with Crippen LogP contribution in [0, 0.1) is 0 Å². The summed E-state index contributed by atoms with van der Waals surface area (Å²) in [6.45, 7) is 4.17. The highest BCUT2D eigenvalue weighted by Crippen LogP contribution is 2.43. The molecular weight excluding hydrogens is 1160 g/mol. The normalized spacial score (nSPS) is 14.3. The lowest BCUT2D eigenvalue weighted by molar-refractivity contribution is -0.870. The lowest BCUT2D eigenvalue weighted by Gasteiger charge is -2.24. The van der Waals surface area contributed by atoms with Gasteiger partial charge in [0.25, 0.3) is 0 Å². The molecule has 0 rings (SSSR count). The third kappa shape index (κ3) is 73.9. The van der Waals surface area contributed by atoms with E-state index in [-0.39, 0.29) is 32.0 Å². The fraction of sp³-hybridized carbons (Fsp3) is 0.585. The Bertz CT molecular complexity index is 2260. The molecule has 2 unspecified atom stereocenters. The molecule has 0 aromatic heterocycles. The van der Waals surface area contributed by atoms with Crippen LogP contribution in [0.5, 0.6) is 0 Å². The van der Waals surface area contributed by atoms with Gasteiger partial charge < -0.3 is 18.9 Å². The van der Waals surface area contributed by atoms with Crippen molar-refractivity contribution < 1.29 is 42.1 Å². The van der Waals surface area contributed by atoms with E-state index in [0.29, 0.717) is 17.4 Å². The number of nitrogens with zero attached hydrogens (tertiary/aromatic N) is 1. The van der Waals surface area contributed by atoms with Crippen LogP contribution in [0.1, 0.15) is 258 Å². The summed E-state index contributed by atoms with van der Waals surface area (Å²) in [5.74, 6) is -0.823. The van der Waals surface area contributed by atoms with E-state index in [0.717, 1.165) is 161 Å². The van der Waals surface area contributed by atoms with E-state index in [1.54, 1.807) is 0 Å². The zero-order valence-corrected chi connectivity index (χ0v) is 59.8. The van der Waals surface area contributed by atoms with E-state index in [4.69, 9.17) is 18.5 Å². The molecule has 0 radical (unpaired) electrons.